The zero-order valence-electron chi connectivity index (χ0n) is 11.5. The van der Waals surface area contributed by atoms with Gasteiger partial charge in [-0.25, -0.2) is 4.98 Å². The molecule has 2 aromatic rings. The molecule has 3 unspecified atom stereocenters. The maximum atomic E-state index is 12.4. The van der Waals surface area contributed by atoms with Gasteiger partial charge in [0.05, 0.1) is 5.69 Å². The Labute approximate surface area is 117 Å². The summed E-state index contributed by atoms with van der Waals surface area (Å²) in [4.78, 5) is 16.7. The normalized spacial score (nSPS) is 28.1. The monoisotopic (exact) mass is 270 g/mol. The highest BCUT2D eigenvalue weighted by atomic mass is 16.1. The summed E-state index contributed by atoms with van der Waals surface area (Å²) in [6.45, 7) is 3.06. The molecule has 5 heteroatoms. The van der Waals surface area contributed by atoms with Crippen LogP contribution in [0.2, 0.25) is 0 Å². The van der Waals surface area contributed by atoms with Crippen LogP contribution >= 0.6 is 0 Å². The molecule has 1 aliphatic heterocycles. The number of imidazole rings is 1. The number of carbonyl (C=O) groups is 1. The molecule has 5 nitrogen and oxygen atoms in total. The van der Waals surface area contributed by atoms with Crippen molar-refractivity contribution in [3.63, 3.8) is 0 Å². The van der Waals surface area contributed by atoms with E-state index in [2.05, 4.69) is 15.6 Å². The lowest BCUT2D eigenvalue weighted by molar-refractivity contribution is 0.0928. The van der Waals surface area contributed by atoms with E-state index >= 15 is 0 Å². The lowest BCUT2D eigenvalue weighted by atomic mass is 10.1. The van der Waals surface area contributed by atoms with Crippen molar-refractivity contribution in [3.05, 3.63) is 35.8 Å². The Kier molecular flexibility index (Phi) is 2.57. The van der Waals surface area contributed by atoms with Crippen LogP contribution in [-0.2, 0) is 0 Å². The molecule has 1 saturated heterocycles. The number of hydrogen-bond acceptors (Lipinski definition) is 3. The Morgan fingerprint density at radius 1 is 1.50 bits per heavy atom. The molecule has 2 aliphatic rings. The summed E-state index contributed by atoms with van der Waals surface area (Å²) in [7, 11) is 0. The van der Waals surface area contributed by atoms with Crippen LogP contribution < -0.4 is 10.6 Å². The van der Waals surface area contributed by atoms with E-state index in [1.165, 1.54) is 6.42 Å². The predicted molar refractivity (Wildman–Crippen MR) is 75.7 cm³/mol. The van der Waals surface area contributed by atoms with E-state index in [1.54, 1.807) is 0 Å². The second-order valence-electron chi connectivity index (χ2n) is 6.00. The standard InChI is InChI=1S/C15H18N4O/c1-9-8-19-3-2-11(6-14(19)17-9)15(20)18-13-5-10-4-12(13)16-7-10/h2-3,6,8,10,12-13,16H,4-5,7H2,1H3,(H,18,20). The van der Waals surface area contributed by atoms with Gasteiger partial charge >= 0.3 is 0 Å². The van der Waals surface area contributed by atoms with Crippen LogP contribution in [-0.4, -0.2) is 33.9 Å². The van der Waals surface area contributed by atoms with Gasteiger partial charge in [-0.1, -0.05) is 0 Å². The first kappa shape index (κ1) is 11.9. The minimum atomic E-state index is 0.00695. The molecule has 3 atom stereocenters. The minimum Gasteiger partial charge on any atom is -0.348 e. The van der Waals surface area contributed by atoms with E-state index < -0.39 is 0 Å². The fourth-order valence-electron chi connectivity index (χ4n) is 3.51. The molecule has 104 valence electrons. The second-order valence-corrected chi connectivity index (χ2v) is 6.00. The van der Waals surface area contributed by atoms with Gasteiger partial charge in [0.25, 0.3) is 5.91 Å². The van der Waals surface area contributed by atoms with Crippen molar-refractivity contribution < 1.29 is 4.79 Å². The molecule has 1 amide bonds. The van der Waals surface area contributed by atoms with Crippen LogP contribution in [0.1, 0.15) is 28.9 Å². The van der Waals surface area contributed by atoms with Crippen LogP contribution in [0.5, 0.6) is 0 Å². The molecule has 0 spiro atoms. The van der Waals surface area contributed by atoms with Gasteiger partial charge in [-0.3, -0.25) is 4.79 Å². The average molecular weight is 270 g/mol. The first-order chi connectivity index (χ1) is 9.69. The zero-order chi connectivity index (χ0) is 13.7. The third-order valence-corrected chi connectivity index (χ3v) is 4.49. The van der Waals surface area contributed by atoms with Crippen LogP contribution in [0.3, 0.4) is 0 Å². The van der Waals surface area contributed by atoms with Crippen LogP contribution in [0.25, 0.3) is 5.65 Å². The number of carbonyl (C=O) groups excluding carboxylic acids is 1. The van der Waals surface area contributed by atoms with Crippen molar-refractivity contribution in [1.82, 2.24) is 20.0 Å². The lowest BCUT2D eigenvalue weighted by Crippen LogP contribution is -2.47. The molecule has 20 heavy (non-hydrogen) atoms. The van der Waals surface area contributed by atoms with Crippen LogP contribution in [0.15, 0.2) is 24.5 Å². The number of nitrogens with zero attached hydrogens (tertiary/aromatic N) is 2. The average Bonchev–Trinajstić information content (AvgIpc) is 3.10. The van der Waals surface area contributed by atoms with Gasteiger partial charge in [0.2, 0.25) is 0 Å². The molecule has 1 aliphatic carbocycles. The molecular weight excluding hydrogens is 252 g/mol. The summed E-state index contributed by atoms with van der Waals surface area (Å²) < 4.78 is 1.94. The van der Waals surface area contributed by atoms with E-state index in [0.29, 0.717) is 11.6 Å². The topological polar surface area (TPSA) is 58.4 Å². The van der Waals surface area contributed by atoms with Gasteiger partial charge in [-0.2, -0.15) is 0 Å². The number of amides is 1. The number of pyridine rings is 1. The maximum absolute atomic E-state index is 12.4. The highest BCUT2D eigenvalue weighted by Gasteiger charge is 2.40. The van der Waals surface area contributed by atoms with Crippen molar-refractivity contribution in [2.24, 2.45) is 5.92 Å². The van der Waals surface area contributed by atoms with Gasteiger partial charge < -0.3 is 15.0 Å². The van der Waals surface area contributed by atoms with Gasteiger partial charge in [-0.15, -0.1) is 0 Å². The first-order valence-electron chi connectivity index (χ1n) is 7.18. The number of nitrogens with one attached hydrogen (secondary N) is 2. The molecule has 4 rings (SSSR count). The Balaban J connectivity index is 1.54. The number of fused-ring (bicyclic) bond motifs is 3. The van der Waals surface area contributed by atoms with Crippen molar-refractivity contribution in [2.45, 2.75) is 31.8 Å². The molecule has 3 heterocycles. The Morgan fingerprint density at radius 2 is 2.40 bits per heavy atom. The fraction of sp³-hybridized carbons (Fsp3) is 0.467. The van der Waals surface area contributed by atoms with Gasteiger partial charge in [0.1, 0.15) is 5.65 Å². The smallest absolute Gasteiger partial charge is 0.251 e. The van der Waals surface area contributed by atoms with Crippen molar-refractivity contribution in [2.75, 3.05) is 6.54 Å². The number of rotatable bonds is 2. The Morgan fingerprint density at radius 3 is 3.15 bits per heavy atom. The molecular formula is C15H18N4O. The van der Waals surface area contributed by atoms with E-state index in [0.717, 1.165) is 30.2 Å². The summed E-state index contributed by atoms with van der Waals surface area (Å²) in [5.41, 5.74) is 2.46. The molecule has 2 N–H and O–H groups in total. The highest BCUT2D eigenvalue weighted by molar-refractivity contribution is 5.95. The summed E-state index contributed by atoms with van der Waals surface area (Å²) in [5, 5.41) is 6.62. The predicted octanol–water partition coefficient (Wildman–Crippen LogP) is 1.12. The number of hydrogen-bond donors (Lipinski definition) is 2. The maximum Gasteiger partial charge on any atom is 0.251 e. The SMILES string of the molecule is Cc1cn2ccc(C(=O)NC3CC4CNC3C4)cc2n1. The third-order valence-electron chi connectivity index (χ3n) is 4.49. The quantitative estimate of drug-likeness (QED) is 0.860. The molecule has 1 saturated carbocycles. The first-order valence-corrected chi connectivity index (χ1v) is 7.18. The van der Waals surface area contributed by atoms with Gasteiger partial charge in [0.15, 0.2) is 0 Å². The fourth-order valence-corrected chi connectivity index (χ4v) is 3.51. The summed E-state index contributed by atoms with van der Waals surface area (Å²) in [5.74, 6) is 0.746. The summed E-state index contributed by atoms with van der Waals surface area (Å²) in [6, 6.07) is 4.44. The van der Waals surface area contributed by atoms with Gasteiger partial charge in [0, 0.05) is 30.0 Å². The molecule has 2 fully saturated rings. The van der Waals surface area contributed by atoms with Crippen molar-refractivity contribution >= 4 is 11.6 Å². The highest BCUT2D eigenvalue weighted by Crippen LogP contribution is 2.31. The second kappa shape index (κ2) is 4.31. The summed E-state index contributed by atoms with van der Waals surface area (Å²) in [6.07, 6.45) is 6.15. The minimum absolute atomic E-state index is 0.00695. The van der Waals surface area contributed by atoms with E-state index in [-0.39, 0.29) is 11.9 Å². The summed E-state index contributed by atoms with van der Waals surface area (Å²) >= 11 is 0. The number of aromatic nitrogens is 2. The van der Waals surface area contributed by atoms with Crippen LogP contribution in [0.4, 0.5) is 0 Å². The number of piperidine rings is 1. The Hall–Kier alpha value is -1.88. The molecule has 0 aromatic carbocycles. The molecule has 0 radical (unpaired) electrons. The van der Waals surface area contributed by atoms with E-state index in [9.17, 15) is 4.79 Å². The Bertz CT molecular complexity index is 678. The van der Waals surface area contributed by atoms with Crippen LogP contribution in [0, 0.1) is 12.8 Å². The largest absolute Gasteiger partial charge is 0.348 e. The van der Waals surface area contributed by atoms with E-state index in [1.807, 2.05) is 35.9 Å². The lowest BCUT2D eigenvalue weighted by Gasteiger charge is -2.23. The number of aryl methyl sites for hydroxylation is 1. The van der Waals surface area contributed by atoms with Crippen molar-refractivity contribution in [1.29, 1.82) is 0 Å². The zero-order valence-corrected chi connectivity index (χ0v) is 11.5. The van der Waals surface area contributed by atoms with Crippen molar-refractivity contribution in [3.8, 4) is 0 Å². The third kappa shape index (κ3) is 1.89. The molecule has 2 bridgehead atoms. The van der Waals surface area contributed by atoms with E-state index in [4.69, 9.17) is 0 Å². The van der Waals surface area contributed by atoms with Gasteiger partial charge in [-0.05, 0) is 44.4 Å². The molecule has 2 aromatic heterocycles.